The Labute approximate surface area is 79.8 Å². The molecule has 0 heterocycles. The second-order valence-corrected chi connectivity index (χ2v) is 2.94. The minimum absolute atomic E-state index is 0.0411. The minimum Gasteiger partial charge on any atom is -0.380 e. The molecule has 0 saturated carbocycles. The van der Waals surface area contributed by atoms with E-state index in [4.69, 9.17) is 10.5 Å². The zero-order valence-electron chi connectivity index (χ0n) is 8.34. The summed E-state index contributed by atoms with van der Waals surface area (Å²) in [5.41, 5.74) is 5.25. The smallest absolute Gasteiger partial charge is 0.216 e. The number of ether oxygens (including phenoxy) is 1. The Morgan fingerprint density at radius 3 is 2.69 bits per heavy atom. The highest BCUT2D eigenvalue weighted by Crippen LogP contribution is 1.94. The first-order valence-corrected chi connectivity index (χ1v) is 4.79. The van der Waals surface area contributed by atoms with Gasteiger partial charge in [0.15, 0.2) is 0 Å². The molecule has 0 aliphatic rings. The Bertz CT molecular complexity index is 129. The molecule has 13 heavy (non-hydrogen) atoms. The van der Waals surface area contributed by atoms with Crippen LogP contribution in [0, 0.1) is 0 Å². The van der Waals surface area contributed by atoms with Crippen LogP contribution >= 0.6 is 0 Å². The van der Waals surface area contributed by atoms with Crippen LogP contribution in [0.4, 0.5) is 0 Å². The van der Waals surface area contributed by atoms with Crippen LogP contribution in [0.15, 0.2) is 0 Å². The molecule has 0 rings (SSSR count). The Kier molecular flexibility index (Phi) is 9.03. The molecular weight excluding hydrogens is 168 g/mol. The first-order valence-electron chi connectivity index (χ1n) is 4.79. The Morgan fingerprint density at radius 1 is 1.31 bits per heavy atom. The molecule has 0 aromatic heterocycles. The second-order valence-electron chi connectivity index (χ2n) is 2.94. The standard InChI is InChI=1S/C9H20N2O2/c1-9(12)11-6-3-2-4-7-13-8-5-10/h2-8,10H2,1H3,(H,11,12). The van der Waals surface area contributed by atoms with Crippen molar-refractivity contribution in [2.45, 2.75) is 26.2 Å². The fraction of sp³-hybridized carbons (Fsp3) is 0.889. The molecule has 0 saturated heterocycles. The van der Waals surface area contributed by atoms with Gasteiger partial charge in [0.25, 0.3) is 0 Å². The lowest BCUT2D eigenvalue weighted by Gasteiger charge is -2.03. The average molecular weight is 188 g/mol. The lowest BCUT2D eigenvalue weighted by atomic mass is 10.2. The van der Waals surface area contributed by atoms with Gasteiger partial charge in [-0.3, -0.25) is 4.79 Å². The lowest BCUT2D eigenvalue weighted by Crippen LogP contribution is -2.20. The van der Waals surface area contributed by atoms with Crippen LogP contribution in [0.1, 0.15) is 26.2 Å². The van der Waals surface area contributed by atoms with E-state index >= 15 is 0 Å². The molecule has 0 aromatic rings. The zero-order valence-corrected chi connectivity index (χ0v) is 8.34. The third-order valence-electron chi connectivity index (χ3n) is 1.60. The number of unbranched alkanes of at least 4 members (excludes halogenated alkanes) is 2. The van der Waals surface area contributed by atoms with Gasteiger partial charge in [0.2, 0.25) is 5.91 Å². The number of nitrogens with one attached hydrogen (secondary N) is 1. The number of rotatable bonds is 8. The summed E-state index contributed by atoms with van der Waals surface area (Å²) in [7, 11) is 0. The van der Waals surface area contributed by atoms with Crippen molar-refractivity contribution < 1.29 is 9.53 Å². The topological polar surface area (TPSA) is 64.3 Å². The highest BCUT2D eigenvalue weighted by atomic mass is 16.5. The van der Waals surface area contributed by atoms with Gasteiger partial charge in [-0.05, 0) is 19.3 Å². The molecule has 0 fully saturated rings. The Balaban J connectivity index is 2.87. The van der Waals surface area contributed by atoms with E-state index in [9.17, 15) is 4.79 Å². The summed E-state index contributed by atoms with van der Waals surface area (Å²) in [4.78, 5) is 10.5. The van der Waals surface area contributed by atoms with E-state index in [1.807, 2.05) is 0 Å². The molecule has 0 spiro atoms. The van der Waals surface area contributed by atoms with Crippen molar-refractivity contribution in [3.8, 4) is 0 Å². The van der Waals surface area contributed by atoms with Crippen molar-refractivity contribution in [3.63, 3.8) is 0 Å². The summed E-state index contributed by atoms with van der Waals surface area (Å²) < 4.78 is 5.20. The van der Waals surface area contributed by atoms with E-state index in [-0.39, 0.29) is 5.91 Å². The number of hydrogen-bond donors (Lipinski definition) is 2. The van der Waals surface area contributed by atoms with Gasteiger partial charge in [-0.25, -0.2) is 0 Å². The maximum Gasteiger partial charge on any atom is 0.216 e. The quantitative estimate of drug-likeness (QED) is 0.537. The van der Waals surface area contributed by atoms with Crippen molar-refractivity contribution in [1.29, 1.82) is 0 Å². The van der Waals surface area contributed by atoms with E-state index in [0.717, 1.165) is 32.4 Å². The second kappa shape index (κ2) is 9.48. The summed E-state index contributed by atoms with van der Waals surface area (Å²) in [6.45, 7) is 4.31. The van der Waals surface area contributed by atoms with Crippen molar-refractivity contribution in [3.05, 3.63) is 0 Å². The maximum atomic E-state index is 10.5. The van der Waals surface area contributed by atoms with E-state index in [2.05, 4.69) is 5.32 Å². The van der Waals surface area contributed by atoms with Gasteiger partial charge in [0.1, 0.15) is 0 Å². The van der Waals surface area contributed by atoms with E-state index in [1.54, 1.807) is 0 Å². The lowest BCUT2D eigenvalue weighted by molar-refractivity contribution is -0.118. The fourth-order valence-electron chi connectivity index (χ4n) is 0.956. The molecule has 3 N–H and O–H groups in total. The van der Waals surface area contributed by atoms with Gasteiger partial charge in [-0.1, -0.05) is 0 Å². The van der Waals surface area contributed by atoms with Gasteiger partial charge < -0.3 is 15.8 Å². The number of carbonyl (C=O) groups is 1. The molecule has 78 valence electrons. The largest absolute Gasteiger partial charge is 0.380 e. The molecule has 0 bridgehead atoms. The van der Waals surface area contributed by atoms with Gasteiger partial charge in [0.05, 0.1) is 6.61 Å². The van der Waals surface area contributed by atoms with Crippen molar-refractivity contribution >= 4 is 5.91 Å². The third kappa shape index (κ3) is 11.4. The van der Waals surface area contributed by atoms with Gasteiger partial charge in [-0.15, -0.1) is 0 Å². The number of carbonyl (C=O) groups excluding carboxylic acids is 1. The number of nitrogens with two attached hydrogens (primary N) is 1. The maximum absolute atomic E-state index is 10.5. The molecule has 4 nitrogen and oxygen atoms in total. The monoisotopic (exact) mass is 188 g/mol. The Hall–Kier alpha value is -0.610. The summed E-state index contributed by atoms with van der Waals surface area (Å²) in [6, 6.07) is 0. The van der Waals surface area contributed by atoms with E-state index < -0.39 is 0 Å². The van der Waals surface area contributed by atoms with Gasteiger partial charge in [0, 0.05) is 26.6 Å². The fourth-order valence-corrected chi connectivity index (χ4v) is 0.956. The molecule has 0 aliphatic heterocycles. The minimum atomic E-state index is 0.0411. The highest BCUT2D eigenvalue weighted by Gasteiger charge is 1.91. The predicted molar refractivity (Wildman–Crippen MR) is 52.4 cm³/mol. The van der Waals surface area contributed by atoms with Crippen LogP contribution in [0.5, 0.6) is 0 Å². The third-order valence-corrected chi connectivity index (χ3v) is 1.60. The van der Waals surface area contributed by atoms with E-state index in [1.165, 1.54) is 6.92 Å². The van der Waals surface area contributed by atoms with Crippen LogP contribution in [-0.2, 0) is 9.53 Å². The molecule has 0 aromatic carbocycles. The van der Waals surface area contributed by atoms with Gasteiger partial charge in [-0.2, -0.15) is 0 Å². The summed E-state index contributed by atoms with van der Waals surface area (Å²) in [6.07, 6.45) is 3.15. The molecule has 4 heteroatoms. The van der Waals surface area contributed by atoms with E-state index in [0.29, 0.717) is 13.2 Å². The first-order chi connectivity index (χ1) is 6.27. The predicted octanol–water partition coefficient (Wildman–Crippen LogP) is 0.268. The first kappa shape index (κ1) is 12.4. The summed E-state index contributed by atoms with van der Waals surface area (Å²) in [5.74, 6) is 0.0411. The highest BCUT2D eigenvalue weighted by molar-refractivity contribution is 5.72. The van der Waals surface area contributed by atoms with Crippen LogP contribution in [-0.4, -0.2) is 32.2 Å². The van der Waals surface area contributed by atoms with Crippen molar-refractivity contribution in [2.75, 3.05) is 26.3 Å². The normalized spacial score (nSPS) is 10.0. The van der Waals surface area contributed by atoms with Crippen molar-refractivity contribution in [1.82, 2.24) is 5.32 Å². The molecular formula is C9H20N2O2. The molecule has 1 amide bonds. The molecule has 0 aliphatic carbocycles. The van der Waals surface area contributed by atoms with Crippen molar-refractivity contribution in [2.24, 2.45) is 5.73 Å². The van der Waals surface area contributed by atoms with Crippen LogP contribution < -0.4 is 11.1 Å². The zero-order chi connectivity index (χ0) is 9.94. The number of amides is 1. The number of hydrogen-bond acceptors (Lipinski definition) is 3. The molecule has 0 radical (unpaired) electrons. The SMILES string of the molecule is CC(=O)NCCCCCOCCN. The molecule has 0 atom stereocenters. The molecule has 0 unspecified atom stereocenters. The average Bonchev–Trinajstić information content (AvgIpc) is 2.09. The van der Waals surface area contributed by atoms with Crippen LogP contribution in [0.25, 0.3) is 0 Å². The Morgan fingerprint density at radius 2 is 2.08 bits per heavy atom. The van der Waals surface area contributed by atoms with Crippen LogP contribution in [0.3, 0.4) is 0 Å². The van der Waals surface area contributed by atoms with Crippen LogP contribution in [0.2, 0.25) is 0 Å². The summed E-state index contributed by atoms with van der Waals surface area (Å²) >= 11 is 0. The van der Waals surface area contributed by atoms with Gasteiger partial charge >= 0.3 is 0 Å². The summed E-state index contributed by atoms with van der Waals surface area (Å²) in [5, 5.41) is 2.75.